The third-order valence-corrected chi connectivity index (χ3v) is 7.47. The fourth-order valence-electron chi connectivity index (χ4n) is 5.58. The number of carbonyl (C=O) groups is 1. The highest BCUT2D eigenvalue weighted by Crippen LogP contribution is 2.42. The molecule has 2 bridgehead atoms. The number of halogens is 2. The number of benzene rings is 1. The monoisotopic (exact) mass is 441 g/mol. The lowest BCUT2D eigenvalue weighted by Gasteiger charge is -2.44. The SMILES string of the molecule is CC(C)(CNC(=O)C1CC2CCCC(C1)C2N)N1CCc2ccccc2C1.Cl.Cl. The number of rotatable bonds is 4. The zero-order valence-electron chi connectivity index (χ0n) is 17.7. The quantitative estimate of drug-likeness (QED) is 0.743. The summed E-state index contributed by atoms with van der Waals surface area (Å²) in [6, 6.07) is 9.06. The molecule has 4 nitrogen and oxygen atoms in total. The van der Waals surface area contributed by atoms with Crippen LogP contribution in [0.2, 0.25) is 0 Å². The Bertz CT molecular complexity index is 682. The molecule has 0 saturated heterocycles. The molecule has 1 aromatic carbocycles. The second-order valence-electron chi connectivity index (χ2n) is 9.67. The maximum Gasteiger partial charge on any atom is 0.223 e. The van der Waals surface area contributed by atoms with Gasteiger partial charge in [-0.15, -0.1) is 24.8 Å². The minimum Gasteiger partial charge on any atom is -0.354 e. The molecule has 3 N–H and O–H groups in total. The van der Waals surface area contributed by atoms with E-state index in [-0.39, 0.29) is 42.2 Å². The molecule has 2 fully saturated rings. The predicted octanol–water partition coefficient (Wildman–Crippen LogP) is 3.94. The normalized spacial score (nSPS) is 29.1. The Balaban J connectivity index is 0.00000150. The van der Waals surface area contributed by atoms with Crippen LogP contribution in [0.5, 0.6) is 0 Å². The first-order valence-corrected chi connectivity index (χ1v) is 10.8. The van der Waals surface area contributed by atoms with Gasteiger partial charge in [-0.3, -0.25) is 9.69 Å². The molecule has 3 aliphatic rings. The van der Waals surface area contributed by atoms with Crippen LogP contribution in [0.15, 0.2) is 24.3 Å². The van der Waals surface area contributed by atoms with E-state index in [4.69, 9.17) is 5.73 Å². The van der Waals surface area contributed by atoms with E-state index in [1.807, 2.05) is 0 Å². The summed E-state index contributed by atoms with van der Waals surface area (Å²) in [4.78, 5) is 15.4. The van der Waals surface area contributed by atoms with Gasteiger partial charge >= 0.3 is 0 Å². The van der Waals surface area contributed by atoms with Crippen molar-refractivity contribution in [1.82, 2.24) is 10.2 Å². The van der Waals surface area contributed by atoms with Crippen LogP contribution in [-0.2, 0) is 17.8 Å². The minimum absolute atomic E-state index is 0. The van der Waals surface area contributed by atoms with Crippen molar-refractivity contribution in [2.45, 2.75) is 70.5 Å². The van der Waals surface area contributed by atoms with E-state index in [2.05, 4.69) is 48.3 Å². The van der Waals surface area contributed by atoms with Crippen LogP contribution in [0.4, 0.5) is 0 Å². The van der Waals surface area contributed by atoms with Crippen molar-refractivity contribution in [2.75, 3.05) is 13.1 Å². The third-order valence-electron chi connectivity index (χ3n) is 7.47. The van der Waals surface area contributed by atoms with Gasteiger partial charge in [0, 0.05) is 37.1 Å². The van der Waals surface area contributed by atoms with Crippen molar-refractivity contribution in [2.24, 2.45) is 23.5 Å². The Hall–Kier alpha value is -0.810. The van der Waals surface area contributed by atoms with Crippen molar-refractivity contribution in [1.29, 1.82) is 0 Å². The number of fused-ring (bicyclic) bond motifs is 3. The lowest BCUT2D eigenvalue weighted by molar-refractivity contribution is -0.128. The summed E-state index contributed by atoms with van der Waals surface area (Å²) >= 11 is 0. The van der Waals surface area contributed by atoms with Gasteiger partial charge < -0.3 is 11.1 Å². The van der Waals surface area contributed by atoms with Gasteiger partial charge in [0.25, 0.3) is 0 Å². The summed E-state index contributed by atoms with van der Waals surface area (Å²) in [6.07, 6.45) is 6.78. The molecule has 0 aromatic heterocycles. The van der Waals surface area contributed by atoms with Crippen molar-refractivity contribution in [3.63, 3.8) is 0 Å². The molecule has 0 radical (unpaired) electrons. The maximum atomic E-state index is 12.9. The fourth-order valence-corrected chi connectivity index (χ4v) is 5.58. The van der Waals surface area contributed by atoms with Crippen molar-refractivity contribution < 1.29 is 4.79 Å². The van der Waals surface area contributed by atoms with Crippen molar-refractivity contribution in [3.05, 3.63) is 35.4 Å². The predicted molar refractivity (Wildman–Crippen MR) is 124 cm³/mol. The summed E-state index contributed by atoms with van der Waals surface area (Å²) in [5.74, 6) is 1.53. The summed E-state index contributed by atoms with van der Waals surface area (Å²) in [5, 5.41) is 3.30. The lowest BCUT2D eigenvalue weighted by atomic mass is 9.65. The first-order valence-electron chi connectivity index (χ1n) is 10.8. The second-order valence-corrected chi connectivity index (χ2v) is 9.67. The minimum atomic E-state index is -0.0376. The van der Waals surface area contributed by atoms with Gasteiger partial charge in [0.15, 0.2) is 0 Å². The molecule has 4 rings (SSSR count). The van der Waals surface area contributed by atoms with Gasteiger partial charge in [-0.25, -0.2) is 0 Å². The van der Waals surface area contributed by atoms with Gasteiger partial charge in [-0.2, -0.15) is 0 Å². The zero-order chi connectivity index (χ0) is 19.0. The van der Waals surface area contributed by atoms with E-state index in [1.165, 1.54) is 30.4 Å². The van der Waals surface area contributed by atoms with Gasteiger partial charge in [0.1, 0.15) is 0 Å². The molecular formula is C23H37Cl2N3O. The average molecular weight is 442 g/mol. The standard InChI is InChI=1S/C23H35N3O.2ClH/c1-23(2,26-11-10-16-6-3-4-7-19(16)14-26)15-25-22(27)20-12-17-8-5-9-18(13-20)21(17)24;;/h3-4,6-7,17-18,20-21H,5,8-15,24H2,1-2H3,(H,25,27);2*1H. The fraction of sp³-hybridized carbons (Fsp3) is 0.696. The molecule has 164 valence electrons. The van der Waals surface area contributed by atoms with E-state index in [0.29, 0.717) is 24.4 Å². The number of nitrogens with zero attached hydrogens (tertiary/aromatic N) is 1. The van der Waals surface area contributed by atoms with Crippen LogP contribution in [-0.4, -0.2) is 35.5 Å². The first-order chi connectivity index (χ1) is 12.9. The molecule has 1 aromatic rings. The zero-order valence-corrected chi connectivity index (χ0v) is 19.4. The molecule has 2 aliphatic carbocycles. The molecule has 2 saturated carbocycles. The van der Waals surface area contributed by atoms with Crippen LogP contribution in [0.25, 0.3) is 0 Å². The van der Waals surface area contributed by atoms with Gasteiger partial charge in [-0.05, 0) is 68.9 Å². The van der Waals surface area contributed by atoms with E-state index in [9.17, 15) is 4.79 Å². The summed E-state index contributed by atoms with van der Waals surface area (Å²) in [6.45, 7) is 7.26. The van der Waals surface area contributed by atoms with E-state index in [1.54, 1.807) is 0 Å². The Morgan fingerprint density at radius 1 is 1.14 bits per heavy atom. The first kappa shape index (κ1) is 24.5. The molecular weight excluding hydrogens is 405 g/mol. The van der Waals surface area contributed by atoms with Gasteiger partial charge in [-0.1, -0.05) is 30.7 Å². The molecule has 0 spiro atoms. The van der Waals surface area contributed by atoms with Crippen LogP contribution >= 0.6 is 24.8 Å². The number of amides is 1. The van der Waals surface area contributed by atoms with Crippen LogP contribution in [0.1, 0.15) is 57.1 Å². The highest BCUT2D eigenvalue weighted by atomic mass is 35.5. The largest absolute Gasteiger partial charge is 0.354 e. The highest BCUT2D eigenvalue weighted by Gasteiger charge is 2.41. The summed E-state index contributed by atoms with van der Waals surface area (Å²) in [7, 11) is 0. The molecule has 6 heteroatoms. The van der Waals surface area contributed by atoms with E-state index < -0.39 is 0 Å². The Morgan fingerprint density at radius 2 is 1.76 bits per heavy atom. The molecule has 29 heavy (non-hydrogen) atoms. The average Bonchev–Trinajstić information content (AvgIpc) is 2.65. The van der Waals surface area contributed by atoms with Crippen LogP contribution in [0, 0.1) is 17.8 Å². The highest BCUT2D eigenvalue weighted by molar-refractivity contribution is 5.85. The molecule has 2 atom stereocenters. The van der Waals surface area contributed by atoms with E-state index >= 15 is 0 Å². The number of hydrogen-bond acceptors (Lipinski definition) is 3. The number of carbonyl (C=O) groups excluding carboxylic acids is 1. The smallest absolute Gasteiger partial charge is 0.223 e. The molecule has 1 aliphatic heterocycles. The van der Waals surface area contributed by atoms with Crippen molar-refractivity contribution >= 4 is 30.7 Å². The molecule has 1 heterocycles. The van der Waals surface area contributed by atoms with Crippen LogP contribution in [0.3, 0.4) is 0 Å². The third kappa shape index (κ3) is 5.28. The van der Waals surface area contributed by atoms with E-state index in [0.717, 1.165) is 32.4 Å². The van der Waals surface area contributed by atoms with Gasteiger partial charge in [0.05, 0.1) is 0 Å². The summed E-state index contributed by atoms with van der Waals surface area (Å²) in [5.41, 5.74) is 9.25. The lowest BCUT2D eigenvalue weighted by Crippen LogP contribution is -2.55. The number of nitrogens with two attached hydrogens (primary N) is 1. The Kier molecular flexibility index (Phi) is 8.43. The van der Waals surface area contributed by atoms with Crippen LogP contribution < -0.4 is 11.1 Å². The molecule has 1 amide bonds. The summed E-state index contributed by atoms with van der Waals surface area (Å²) < 4.78 is 0. The topological polar surface area (TPSA) is 58.4 Å². The number of hydrogen-bond donors (Lipinski definition) is 2. The Labute approximate surface area is 188 Å². The van der Waals surface area contributed by atoms with Gasteiger partial charge in [0.2, 0.25) is 5.91 Å². The number of nitrogens with one attached hydrogen (secondary N) is 1. The molecule has 2 unspecified atom stereocenters. The van der Waals surface area contributed by atoms with Crippen molar-refractivity contribution in [3.8, 4) is 0 Å². The maximum absolute atomic E-state index is 12.9. The Morgan fingerprint density at radius 3 is 2.41 bits per heavy atom. The second kappa shape index (κ2) is 10.00.